The van der Waals surface area contributed by atoms with Gasteiger partial charge >= 0.3 is 5.97 Å². The molecule has 0 aromatic rings. The molecule has 3 nitrogen and oxygen atoms in total. The van der Waals surface area contributed by atoms with Crippen LogP contribution in [0, 0.1) is 0 Å². The van der Waals surface area contributed by atoms with Crippen LogP contribution in [0.5, 0.6) is 0 Å². The number of aliphatic hydroxyl groups is 1. The molecule has 0 bridgehead atoms. The Bertz CT molecular complexity index is 160. The molecular weight excluding hydrogens is 120 g/mol. The van der Waals surface area contributed by atoms with E-state index in [4.69, 9.17) is 9.84 Å². The Morgan fingerprint density at radius 2 is 2.56 bits per heavy atom. The number of esters is 1. The summed E-state index contributed by atoms with van der Waals surface area (Å²) in [6.07, 6.45) is 1.26. The van der Waals surface area contributed by atoms with E-state index in [1.54, 1.807) is 6.92 Å². The number of carbonyl (C=O) groups is 1. The summed E-state index contributed by atoms with van der Waals surface area (Å²) in [5.41, 5.74) is 0.363. The van der Waals surface area contributed by atoms with Gasteiger partial charge in [-0.2, -0.15) is 0 Å². The van der Waals surface area contributed by atoms with Gasteiger partial charge in [0, 0.05) is 6.42 Å². The molecule has 1 N–H and O–H groups in total. The van der Waals surface area contributed by atoms with Crippen LogP contribution in [0.25, 0.3) is 0 Å². The minimum absolute atomic E-state index is 0.0732. The Labute approximate surface area is 52.9 Å². The van der Waals surface area contributed by atoms with Crippen molar-refractivity contribution in [2.24, 2.45) is 0 Å². The molecule has 1 rings (SSSR count). The molecule has 1 fully saturated rings. The lowest BCUT2D eigenvalue weighted by atomic mass is 10.2. The van der Waals surface area contributed by atoms with Crippen molar-refractivity contribution >= 4 is 5.97 Å². The third kappa shape index (κ3) is 1.04. The Hall–Kier alpha value is -0.990. The minimum atomic E-state index is -0.398. The predicted molar refractivity (Wildman–Crippen MR) is 30.9 cm³/mol. The topological polar surface area (TPSA) is 46.5 Å². The molecule has 0 spiro atoms. The second-order valence-electron chi connectivity index (χ2n) is 2.07. The molecule has 0 aromatic heterocycles. The third-order valence-electron chi connectivity index (χ3n) is 1.23. The Kier molecular flexibility index (Phi) is 1.42. The van der Waals surface area contributed by atoms with Gasteiger partial charge in [-0.25, -0.2) is 4.79 Å². The molecule has 3 heteroatoms. The maximum atomic E-state index is 10.6. The van der Waals surface area contributed by atoms with Gasteiger partial charge in [0.25, 0.3) is 0 Å². The third-order valence-corrected chi connectivity index (χ3v) is 1.23. The van der Waals surface area contributed by atoms with E-state index in [1.807, 2.05) is 0 Å². The van der Waals surface area contributed by atoms with Crippen molar-refractivity contribution in [2.75, 3.05) is 0 Å². The van der Waals surface area contributed by atoms with Crippen LogP contribution in [0.2, 0.25) is 0 Å². The largest absolute Gasteiger partial charge is 0.515 e. The fourth-order valence-electron chi connectivity index (χ4n) is 0.799. The first kappa shape index (κ1) is 6.13. The normalized spacial score (nSPS) is 31.0. The van der Waals surface area contributed by atoms with Crippen LogP contribution in [-0.4, -0.2) is 17.2 Å². The molecule has 1 heterocycles. The summed E-state index contributed by atoms with van der Waals surface area (Å²) in [6, 6.07) is 0. The van der Waals surface area contributed by atoms with Gasteiger partial charge in [-0.15, -0.1) is 0 Å². The molecule has 0 radical (unpaired) electrons. The fourth-order valence-corrected chi connectivity index (χ4v) is 0.799. The van der Waals surface area contributed by atoms with Crippen LogP contribution in [0.15, 0.2) is 11.8 Å². The van der Waals surface area contributed by atoms with E-state index < -0.39 is 5.97 Å². The van der Waals surface area contributed by atoms with Gasteiger partial charge in [-0.05, 0) is 6.92 Å². The fraction of sp³-hybridized carbons (Fsp3) is 0.500. The Morgan fingerprint density at radius 1 is 1.89 bits per heavy atom. The van der Waals surface area contributed by atoms with E-state index in [0.29, 0.717) is 12.0 Å². The van der Waals surface area contributed by atoms with E-state index in [-0.39, 0.29) is 6.10 Å². The molecule has 1 saturated heterocycles. The van der Waals surface area contributed by atoms with E-state index >= 15 is 0 Å². The zero-order valence-electron chi connectivity index (χ0n) is 5.13. The second-order valence-corrected chi connectivity index (χ2v) is 2.07. The molecule has 1 unspecified atom stereocenters. The van der Waals surface area contributed by atoms with Crippen molar-refractivity contribution in [3.8, 4) is 0 Å². The maximum Gasteiger partial charge on any atom is 0.337 e. The van der Waals surface area contributed by atoms with E-state index in [0.717, 1.165) is 6.26 Å². The van der Waals surface area contributed by atoms with Crippen LogP contribution in [0.3, 0.4) is 0 Å². The van der Waals surface area contributed by atoms with Crippen molar-refractivity contribution in [3.63, 3.8) is 0 Å². The quantitative estimate of drug-likeness (QED) is 0.297. The molecular formula is C6H8O3. The van der Waals surface area contributed by atoms with Crippen LogP contribution in [0.1, 0.15) is 13.3 Å². The summed E-state index contributed by atoms with van der Waals surface area (Å²) in [4.78, 5) is 10.6. The number of aliphatic hydroxyl groups excluding tert-OH is 1. The summed E-state index contributed by atoms with van der Waals surface area (Å²) in [5, 5.41) is 8.39. The maximum absolute atomic E-state index is 10.6. The molecule has 9 heavy (non-hydrogen) atoms. The molecule has 1 atom stereocenters. The number of cyclic esters (lactones) is 1. The average molecular weight is 128 g/mol. The lowest BCUT2D eigenvalue weighted by Gasteiger charge is -1.94. The van der Waals surface area contributed by atoms with Crippen LogP contribution in [0.4, 0.5) is 0 Å². The van der Waals surface area contributed by atoms with Gasteiger partial charge in [0.15, 0.2) is 0 Å². The highest BCUT2D eigenvalue weighted by Gasteiger charge is 2.24. The molecule has 1 aliphatic rings. The van der Waals surface area contributed by atoms with Crippen molar-refractivity contribution in [3.05, 3.63) is 11.8 Å². The van der Waals surface area contributed by atoms with Crippen LogP contribution >= 0.6 is 0 Å². The van der Waals surface area contributed by atoms with Gasteiger partial charge in [0.2, 0.25) is 0 Å². The van der Waals surface area contributed by atoms with Crippen molar-refractivity contribution in [1.29, 1.82) is 0 Å². The summed E-state index contributed by atoms with van der Waals surface area (Å²) < 4.78 is 4.70. The van der Waals surface area contributed by atoms with Gasteiger partial charge < -0.3 is 9.84 Å². The number of hydrogen-bond acceptors (Lipinski definition) is 3. The molecule has 0 aromatic carbocycles. The average Bonchev–Trinajstić information content (AvgIpc) is 2.10. The summed E-state index contributed by atoms with van der Waals surface area (Å²) in [6.45, 7) is 1.79. The van der Waals surface area contributed by atoms with Crippen molar-refractivity contribution in [1.82, 2.24) is 0 Å². The highest BCUT2D eigenvalue weighted by molar-refractivity contribution is 5.90. The van der Waals surface area contributed by atoms with Crippen molar-refractivity contribution < 1.29 is 14.6 Å². The predicted octanol–water partition coefficient (Wildman–Crippen LogP) is 0.764. The molecule has 0 saturated carbocycles. The number of rotatable bonds is 0. The van der Waals surface area contributed by atoms with Gasteiger partial charge in [-0.3, -0.25) is 0 Å². The first-order valence-corrected chi connectivity index (χ1v) is 2.78. The number of ether oxygens (including phenoxy) is 1. The zero-order chi connectivity index (χ0) is 6.85. The smallest absolute Gasteiger partial charge is 0.337 e. The second kappa shape index (κ2) is 2.09. The van der Waals surface area contributed by atoms with Crippen LogP contribution < -0.4 is 0 Å². The number of hydrogen-bond donors (Lipinski definition) is 1. The Balaban J connectivity index is 2.70. The van der Waals surface area contributed by atoms with E-state index in [9.17, 15) is 4.79 Å². The standard InChI is InChI=1S/C6H8O3/c1-4-2-5(3-7)6(8)9-4/h3-4,7H,2H2,1H3. The Morgan fingerprint density at radius 3 is 2.78 bits per heavy atom. The summed E-state index contributed by atoms with van der Waals surface area (Å²) >= 11 is 0. The highest BCUT2D eigenvalue weighted by atomic mass is 16.5. The van der Waals surface area contributed by atoms with Crippen molar-refractivity contribution in [2.45, 2.75) is 19.4 Å². The zero-order valence-corrected chi connectivity index (χ0v) is 5.13. The minimum Gasteiger partial charge on any atom is -0.515 e. The highest BCUT2D eigenvalue weighted by Crippen LogP contribution is 2.18. The lowest BCUT2D eigenvalue weighted by molar-refractivity contribution is -0.138. The first-order chi connectivity index (χ1) is 4.24. The lowest BCUT2D eigenvalue weighted by Crippen LogP contribution is -1.99. The molecule has 0 amide bonds. The van der Waals surface area contributed by atoms with E-state index in [1.165, 1.54) is 0 Å². The molecule has 50 valence electrons. The summed E-state index contributed by atoms with van der Waals surface area (Å²) in [5.74, 6) is -0.398. The summed E-state index contributed by atoms with van der Waals surface area (Å²) in [7, 11) is 0. The molecule has 0 aliphatic carbocycles. The van der Waals surface area contributed by atoms with Gasteiger partial charge in [0.1, 0.15) is 6.10 Å². The number of carbonyl (C=O) groups excluding carboxylic acids is 1. The van der Waals surface area contributed by atoms with E-state index in [2.05, 4.69) is 0 Å². The first-order valence-electron chi connectivity index (χ1n) is 2.78. The monoisotopic (exact) mass is 128 g/mol. The molecule has 1 aliphatic heterocycles. The van der Waals surface area contributed by atoms with Gasteiger partial charge in [0.05, 0.1) is 11.8 Å². The van der Waals surface area contributed by atoms with Gasteiger partial charge in [-0.1, -0.05) is 0 Å². The van der Waals surface area contributed by atoms with Crippen LogP contribution in [-0.2, 0) is 9.53 Å². The SMILES string of the molecule is CC1CC(=CO)C(=O)O1.